The van der Waals surface area contributed by atoms with Crippen LogP contribution in [0.4, 0.5) is 5.69 Å². The van der Waals surface area contributed by atoms with E-state index in [1.54, 1.807) is 32.2 Å². The molecule has 19 heavy (non-hydrogen) atoms. The summed E-state index contributed by atoms with van der Waals surface area (Å²) < 4.78 is 31.6. The normalized spacial score (nSPS) is 11.5. The number of hydrogen-bond donors (Lipinski definition) is 2. The number of hydrogen-bond acceptors (Lipinski definition) is 6. The van der Waals surface area contributed by atoms with Crippen LogP contribution in [0, 0.1) is 6.92 Å². The predicted octanol–water partition coefficient (Wildman–Crippen LogP) is 0.898. The molecule has 0 bridgehead atoms. The van der Waals surface area contributed by atoms with Gasteiger partial charge in [-0.25, -0.2) is 18.1 Å². The molecule has 0 aliphatic heterocycles. The van der Waals surface area contributed by atoms with Crippen molar-refractivity contribution in [1.82, 2.24) is 14.9 Å². The van der Waals surface area contributed by atoms with Crippen LogP contribution in [0.3, 0.4) is 0 Å². The van der Waals surface area contributed by atoms with E-state index >= 15 is 0 Å². The molecule has 0 saturated heterocycles. The first-order valence-corrected chi connectivity index (χ1v) is 7.06. The van der Waals surface area contributed by atoms with Crippen LogP contribution in [-0.4, -0.2) is 25.6 Å². The molecule has 0 amide bonds. The van der Waals surface area contributed by atoms with Gasteiger partial charge in [0.1, 0.15) is 0 Å². The zero-order chi connectivity index (χ0) is 13.9. The van der Waals surface area contributed by atoms with Gasteiger partial charge in [-0.2, -0.15) is 0 Å². The molecule has 0 aromatic carbocycles. The van der Waals surface area contributed by atoms with Crippen LogP contribution in [0.1, 0.15) is 11.5 Å². The summed E-state index contributed by atoms with van der Waals surface area (Å²) in [6.07, 6.45) is 1.42. The maximum atomic E-state index is 12.1. The molecule has 0 unspecified atom stereocenters. The number of nitrogens with zero attached hydrogens (tertiary/aromatic N) is 2. The van der Waals surface area contributed by atoms with Crippen molar-refractivity contribution >= 4 is 15.7 Å². The molecule has 0 aliphatic carbocycles. The van der Waals surface area contributed by atoms with Crippen LogP contribution >= 0.6 is 0 Å². The monoisotopic (exact) mass is 282 g/mol. The second-order valence-corrected chi connectivity index (χ2v) is 5.55. The van der Waals surface area contributed by atoms with Gasteiger partial charge in [0.15, 0.2) is 10.8 Å². The van der Waals surface area contributed by atoms with Gasteiger partial charge in [-0.15, -0.1) is 0 Å². The zero-order valence-corrected chi connectivity index (χ0v) is 11.4. The topological polar surface area (TPSA) is 97.1 Å². The number of nitrogens with one attached hydrogen (secondary N) is 2. The average molecular weight is 282 g/mol. The quantitative estimate of drug-likeness (QED) is 0.845. The average Bonchev–Trinajstić information content (AvgIpc) is 2.82. The fourth-order valence-corrected chi connectivity index (χ4v) is 2.66. The van der Waals surface area contributed by atoms with Crippen molar-refractivity contribution in [1.29, 1.82) is 0 Å². The SMILES string of the molecule is CNc1cccnc1S(=O)(=O)NCc1cc(C)no1. The van der Waals surface area contributed by atoms with Gasteiger partial charge in [0.05, 0.1) is 17.9 Å². The number of aryl methyl sites for hydroxylation is 1. The molecule has 0 atom stereocenters. The van der Waals surface area contributed by atoms with Gasteiger partial charge in [-0.05, 0) is 19.1 Å². The van der Waals surface area contributed by atoms with Gasteiger partial charge >= 0.3 is 0 Å². The second-order valence-electron chi connectivity index (χ2n) is 3.87. The molecular formula is C11H14N4O3S. The molecule has 0 saturated carbocycles. The Balaban J connectivity index is 2.18. The van der Waals surface area contributed by atoms with E-state index in [-0.39, 0.29) is 11.6 Å². The molecule has 0 spiro atoms. The van der Waals surface area contributed by atoms with Crippen molar-refractivity contribution in [3.63, 3.8) is 0 Å². The van der Waals surface area contributed by atoms with E-state index in [4.69, 9.17) is 4.52 Å². The van der Waals surface area contributed by atoms with E-state index in [1.165, 1.54) is 6.20 Å². The molecule has 2 rings (SSSR count). The summed E-state index contributed by atoms with van der Waals surface area (Å²) in [5, 5.41) is 6.43. The number of pyridine rings is 1. The summed E-state index contributed by atoms with van der Waals surface area (Å²) in [6, 6.07) is 4.96. The Hall–Kier alpha value is -1.93. The van der Waals surface area contributed by atoms with Gasteiger partial charge < -0.3 is 9.84 Å². The summed E-state index contributed by atoms with van der Waals surface area (Å²) in [6.45, 7) is 1.79. The molecular weight excluding hydrogens is 268 g/mol. The lowest BCUT2D eigenvalue weighted by molar-refractivity contribution is 0.377. The molecule has 7 nitrogen and oxygen atoms in total. The third-order valence-corrected chi connectivity index (χ3v) is 3.77. The third-order valence-electron chi connectivity index (χ3n) is 2.41. The molecule has 102 valence electrons. The van der Waals surface area contributed by atoms with Crippen LogP contribution in [0.5, 0.6) is 0 Å². The van der Waals surface area contributed by atoms with Crippen molar-refractivity contribution in [2.45, 2.75) is 18.5 Å². The first-order chi connectivity index (χ1) is 9.03. The van der Waals surface area contributed by atoms with E-state index in [1.807, 2.05) is 0 Å². The van der Waals surface area contributed by atoms with Crippen molar-refractivity contribution in [3.8, 4) is 0 Å². The highest BCUT2D eigenvalue weighted by atomic mass is 32.2. The summed E-state index contributed by atoms with van der Waals surface area (Å²) in [5.41, 5.74) is 1.13. The van der Waals surface area contributed by atoms with E-state index in [2.05, 4.69) is 20.2 Å². The highest BCUT2D eigenvalue weighted by Gasteiger charge is 2.19. The Labute approximate surface area is 111 Å². The summed E-state index contributed by atoms with van der Waals surface area (Å²) >= 11 is 0. The lowest BCUT2D eigenvalue weighted by Gasteiger charge is -2.08. The molecule has 8 heteroatoms. The zero-order valence-electron chi connectivity index (χ0n) is 10.5. The van der Waals surface area contributed by atoms with Crippen molar-refractivity contribution in [2.75, 3.05) is 12.4 Å². The minimum absolute atomic E-state index is 0.0307. The minimum atomic E-state index is -3.70. The first kappa shape index (κ1) is 13.5. The van der Waals surface area contributed by atoms with Gasteiger partial charge in [0.25, 0.3) is 10.0 Å². The Morgan fingerprint density at radius 3 is 2.84 bits per heavy atom. The highest BCUT2D eigenvalue weighted by Crippen LogP contribution is 2.17. The van der Waals surface area contributed by atoms with Gasteiger partial charge in [-0.1, -0.05) is 5.16 Å². The standard InChI is InChI=1S/C11H14N4O3S/c1-8-6-9(18-15-8)7-14-19(16,17)11-10(12-2)4-3-5-13-11/h3-6,12,14H,7H2,1-2H3. The van der Waals surface area contributed by atoms with Crippen molar-refractivity contribution < 1.29 is 12.9 Å². The minimum Gasteiger partial charge on any atom is -0.386 e. The van der Waals surface area contributed by atoms with Crippen LogP contribution in [0.15, 0.2) is 33.9 Å². The number of anilines is 1. The number of aromatic nitrogens is 2. The molecule has 0 radical (unpaired) electrons. The lowest BCUT2D eigenvalue weighted by atomic mass is 10.4. The fourth-order valence-electron chi connectivity index (χ4n) is 1.53. The Morgan fingerprint density at radius 2 is 2.21 bits per heavy atom. The van der Waals surface area contributed by atoms with Gasteiger partial charge in [-0.3, -0.25) is 0 Å². The molecule has 2 aromatic heterocycles. The molecule has 2 heterocycles. The fraction of sp³-hybridized carbons (Fsp3) is 0.273. The molecule has 2 N–H and O–H groups in total. The molecule has 0 fully saturated rings. The van der Waals surface area contributed by atoms with Crippen molar-refractivity contribution in [2.24, 2.45) is 0 Å². The van der Waals surface area contributed by atoms with E-state index < -0.39 is 10.0 Å². The molecule has 0 aliphatic rings. The smallest absolute Gasteiger partial charge is 0.260 e. The summed E-state index contributed by atoms with van der Waals surface area (Å²) in [4.78, 5) is 3.88. The second kappa shape index (κ2) is 5.37. The highest BCUT2D eigenvalue weighted by molar-refractivity contribution is 7.89. The van der Waals surface area contributed by atoms with Crippen LogP contribution in [0.25, 0.3) is 0 Å². The maximum absolute atomic E-state index is 12.1. The largest absolute Gasteiger partial charge is 0.386 e. The predicted molar refractivity (Wildman–Crippen MR) is 69.0 cm³/mol. The van der Waals surface area contributed by atoms with E-state index in [0.29, 0.717) is 17.1 Å². The van der Waals surface area contributed by atoms with Crippen LogP contribution in [-0.2, 0) is 16.6 Å². The van der Waals surface area contributed by atoms with Crippen molar-refractivity contribution in [3.05, 3.63) is 35.9 Å². The van der Waals surface area contributed by atoms with Gasteiger partial charge in [0, 0.05) is 19.3 Å². The summed E-state index contributed by atoms with van der Waals surface area (Å²) in [5.74, 6) is 0.447. The van der Waals surface area contributed by atoms with Gasteiger partial charge in [0.2, 0.25) is 0 Å². The van der Waals surface area contributed by atoms with E-state index in [9.17, 15) is 8.42 Å². The Kier molecular flexibility index (Phi) is 3.82. The Morgan fingerprint density at radius 1 is 1.42 bits per heavy atom. The Bertz CT molecular complexity index is 666. The lowest BCUT2D eigenvalue weighted by Crippen LogP contribution is -2.24. The van der Waals surface area contributed by atoms with Crippen LogP contribution < -0.4 is 10.0 Å². The molecule has 2 aromatic rings. The third kappa shape index (κ3) is 3.09. The van der Waals surface area contributed by atoms with E-state index in [0.717, 1.165) is 0 Å². The number of sulfonamides is 1. The first-order valence-electron chi connectivity index (χ1n) is 5.57. The van der Waals surface area contributed by atoms with Crippen LogP contribution in [0.2, 0.25) is 0 Å². The summed E-state index contributed by atoms with van der Waals surface area (Å²) in [7, 11) is -2.07. The maximum Gasteiger partial charge on any atom is 0.260 e. The number of rotatable bonds is 5.